The van der Waals surface area contributed by atoms with E-state index in [-0.39, 0.29) is 12.2 Å². The van der Waals surface area contributed by atoms with Crippen LogP contribution in [0.25, 0.3) is 0 Å². The number of hydrogen-bond acceptors (Lipinski definition) is 5. The van der Waals surface area contributed by atoms with E-state index >= 15 is 0 Å². The maximum atomic E-state index is 5.97. The van der Waals surface area contributed by atoms with E-state index in [1.54, 1.807) is 14.2 Å². The molecule has 28 heavy (non-hydrogen) atoms. The van der Waals surface area contributed by atoms with Crippen LogP contribution in [0.2, 0.25) is 0 Å². The zero-order valence-corrected chi connectivity index (χ0v) is 17.3. The molecule has 3 rings (SSSR count). The van der Waals surface area contributed by atoms with Gasteiger partial charge in [-0.1, -0.05) is 6.07 Å². The first-order valence-electron chi connectivity index (χ1n) is 10.2. The van der Waals surface area contributed by atoms with Crippen LogP contribution in [-0.4, -0.2) is 76.7 Å². The van der Waals surface area contributed by atoms with Gasteiger partial charge < -0.3 is 29.2 Å². The van der Waals surface area contributed by atoms with Crippen molar-refractivity contribution in [2.75, 3.05) is 53.6 Å². The van der Waals surface area contributed by atoms with Gasteiger partial charge in [0.15, 0.2) is 17.5 Å². The van der Waals surface area contributed by atoms with Gasteiger partial charge in [0.2, 0.25) is 0 Å². The second-order valence-electron chi connectivity index (χ2n) is 7.08. The van der Waals surface area contributed by atoms with Crippen LogP contribution in [0.1, 0.15) is 25.3 Å². The molecule has 1 aromatic carbocycles. The largest absolute Gasteiger partial charge is 0.493 e. The van der Waals surface area contributed by atoms with Gasteiger partial charge in [-0.25, -0.2) is 0 Å². The highest BCUT2D eigenvalue weighted by atomic mass is 16.5. The predicted octanol–water partition coefficient (Wildman–Crippen LogP) is 2.09. The lowest BCUT2D eigenvalue weighted by molar-refractivity contribution is -0.0817. The van der Waals surface area contributed by atoms with Gasteiger partial charge in [0.1, 0.15) is 6.10 Å². The Bertz CT molecular complexity index is 647. The average Bonchev–Trinajstić information content (AvgIpc) is 3.28. The second-order valence-corrected chi connectivity index (χ2v) is 7.08. The third-order valence-corrected chi connectivity index (χ3v) is 5.22. The Hall–Kier alpha value is -1.99. The van der Waals surface area contributed by atoms with Crippen molar-refractivity contribution in [1.82, 2.24) is 10.2 Å². The first-order valence-corrected chi connectivity index (χ1v) is 10.2. The highest BCUT2D eigenvalue weighted by Crippen LogP contribution is 2.27. The minimum atomic E-state index is 0.131. The summed E-state index contributed by atoms with van der Waals surface area (Å²) in [4.78, 5) is 7.15. The molecule has 0 saturated carbocycles. The molecule has 0 spiro atoms. The number of benzene rings is 1. The van der Waals surface area contributed by atoms with Gasteiger partial charge in [0.05, 0.1) is 26.9 Å². The highest BCUT2D eigenvalue weighted by molar-refractivity contribution is 5.80. The normalized spacial score (nSPS) is 23.0. The number of ether oxygens (including phenoxy) is 4. The van der Waals surface area contributed by atoms with Crippen LogP contribution < -0.4 is 14.8 Å². The van der Waals surface area contributed by atoms with Gasteiger partial charge in [0.25, 0.3) is 0 Å². The van der Waals surface area contributed by atoms with Crippen molar-refractivity contribution in [1.29, 1.82) is 0 Å². The quantitative estimate of drug-likeness (QED) is 0.567. The Labute approximate surface area is 168 Å². The van der Waals surface area contributed by atoms with Crippen LogP contribution in [0.3, 0.4) is 0 Å². The molecule has 0 aromatic heterocycles. The summed E-state index contributed by atoms with van der Waals surface area (Å²) in [5.74, 6) is 2.45. The van der Waals surface area contributed by atoms with Gasteiger partial charge in [-0.15, -0.1) is 0 Å². The summed E-state index contributed by atoms with van der Waals surface area (Å²) in [6, 6.07) is 6.02. The van der Waals surface area contributed by atoms with Gasteiger partial charge in [-0.3, -0.25) is 4.99 Å². The molecule has 2 saturated heterocycles. The van der Waals surface area contributed by atoms with E-state index < -0.39 is 0 Å². The van der Waals surface area contributed by atoms with Crippen molar-refractivity contribution in [3.63, 3.8) is 0 Å². The van der Waals surface area contributed by atoms with Crippen LogP contribution in [-0.2, 0) is 15.9 Å². The van der Waals surface area contributed by atoms with E-state index in [1.807, 2.05) is 12.1 Å². The number of nitrogens with zero attached hydrogens (tertiary/aromatic N) is 2. The van der Waals surface area contributed by atoms with E-state index in [4.69, 9.17) is 23.9 Å². The number of rotatable bonds is 7. The molecule has 2 fully saturated rings. The molecule has 0 bridgehead atoms. The maximum Gasteiger partial charge on any atom is 0.194 e. The van der Waals surface area contributed by atoms with Crippen molar-refractivity contribution in [3.8, 4) is 11.5 Å². The van der Waals surface area contributed by atoms with Crippen LogP contribution >= 0.6 is 0 Å². The summed E-state index contributed by atoms with van der Waals surface area (Å²) in [6.45, 7) is 6.89. The number of hydrogen-bond donors (Lipinski definition) is 1. The molecule has 7 nitrogen and oxygen atoms in total. The molecule has 1 aromatic rings. The number of nitrogens with one attached hydrogen (secondary N) is 1. The molecule has 2 aliphatic rings. The summed E-state index contributed by atoms with van der Waals surface area (Å²) in [5, 5.41) is 3.43. The van der Waals surface area contributed by atoms with Crippen LogP contribution in [0.4, 0.5) is 0 Å². The summed E-state index contributed by atoms with van der Waals surface area (Å²) >= 11 is 0. The molecule has 7 heteroatoms. The number of aliphatic imine (C=N–C) groups is 1. The lowest BCUT2D eigenvalue weighted by atomic mass is 10.1. The number of methoxy groups -OCH3 is 2. The first kappa shape index (κ1) is 20.7. The average molecular weight is 392 g/mol. The highest BCUT2D eigenvalue weighted by Gasteiger charge is 2.32. The topological polar surface area (TPSA) is 64.6 Å². The number of morpholine rings is 1. The summed E-state index contributed by atoms with van der Waals surface area (Å²) in [6.07, 6.45) is 3.41. The molecule has 2 atom stereocenters. The second kappa shape index (κ2) is 10.5. The van der Waals surface area contributed by atoms with Gasteiger partial charge in [-0.2, -0.15) is 0 Å². The van der Waals surface area contributed by atoms with Crippen LogP contribution in [0.5, 0.6) is 11.5 Å². The molecule has 2 heterocycles. The summed E-state index contributed by atoms with van der Waals surface area (Å²) in [7, 11) is 3.31. The van der Waals surface area contributed by atoms with E-state index in [1.165, 1.54) is 5.56 Å². The molecule has 0 amide bonds. The molecule has 0 radical (unpaired) electrons. The van der Waals surface area contributed by atoms with Crippen molar-refractivity contribution in [2.24, 2.45) is 4.99 Å². The maximum absolute atomic E-state index is 5.97. The van der Waals surface area contributed by atoms with Crippen LogP contribution in [0, 0.1) is 0 Å². The fourth-order valence-corrected chi connectivity index (χ4v) is 3.74. The minimum absolute atomic E-state index is 0.131. The van der Waals surface area contributed by atoms with Crippen molar-refractivity contribution in [3.05, 3.63) is 23.8 Å². The molecule has 156 valence electrons. The standard InChI is InChI=1S/C21H33N3O4/c1-4-22-21(24-11-13-28-20(15-24)18-6-5-12-27-18)23-10-9-16-7-8-17(25-2)19(14-16)26-3/h7-8,14,18,20H,4-6,9-13,15H2,1-3H3,(H,22,23). The predicted molar refractivity (Wildman–Crippen MR) is 110 cm³/mol. The SMILES string of the molecule is CCNC(=NCCc1ccc(OC)c(OC)c1)N1CCOC(C2CCCO2)C1. The van der Waals surface area contributed by atoms with Crippen molar-refractivity contribution < 1.29 is 18.9 Å². The monoisotopic (exact) mass is 391 g/mol. The minimum Gasteiger partial charge on any atom is -0.493 e. The Morgan fingerprint density at radius 1 is 1.18 bits per heavy atom. The van der Waals surface area contributed by atoms with Gasteiger partial charge >= 0.3 is 0 Å². The zero-order valence-electron chi connectivity index (χ0n) is 17.3. The van der Waals surface area contributed by atoms with E-state index in [0.717, 1.165) is 63.0 Å². The fourth-order valence-electron chi connectivity index (χ4n) is 3.74. The molecule has 2 unspecified atom stereocenters. The Kier molecular flexibility index (Phi) is 7.80. The van der Waals surface area contributed by atoms with E-state index in [0.29, 0.717) is 13.2 Å². The Balaban J connectivity index is 1.60. The van der Waals surface area contributed by atoms with Gasteiger partial charge in [0, 0.05) is 32.8 Å². The van der Waals surface area contributed by atoms with Gasteiger partial charge in [-0.05, 0) is 43.9 Å². The van der Waals surface area contributed by atoms with Crippen LogP contribution in [0.15, 0.2) is 23.2 Å². The van der Waals surface area contributed by atoms with Crippen molar-refractivity contribution in [2.45, 2.75) is 38.4 Å². The molecule has 1 N–H and O–H groups in total. The molecular weight excluding hydrogens is 358 g/mol. The smallest absolute Gasteiger partial charge is 0.194 e. The fraction of sp³-hybridized carbons (Fsp3) is 0.667. The Morgan fingerprint density at radius 3 is 2.71 bits per heavy atom. The number of guanidine groups is 1. The zero-order chi connectivity index (χ0) is 19.8. The van der Waals surface area contributed by atoms with E-state index in [9.17, 15) is 0 Å². The lowest BCUT2D eigenvalue weighted by Crippen LogP contribution is -2.53. The molecular formula is C21H33N3O4. The summed E-state index contributed by atoms with van der Waals surface area (Å²) < 4.78 is 22.5. The third kappa shape index (κ3) is 5.29. The molecule has 0 aliphatic carbocycles. The first-order chi connectivity index (χ1) is 13.7. The van der Waals surface area contributed by atoms with E-state index in [2.05, 4.69) is 23.2 Å². The summed E-state index contributed by atoms with van der Waals surface area (Å²) in [5.41, 5.74) is 1.18. The third-order valence-electron chi connectivity index (χ3n) is 5.22. The Morgan fingerprint density at radius 2 is 2.00 bits per heavy atom. The lowest BCUT2D eigenvalue weighted by Gasteiger charge is -2.37. The molecule has 2 aliphatic heterocycles. The van der Waals surface area contributed by atoms with Crippen molar-refractivity contribution >= 4 is 5.96 Å².